The smallest absolute Gasteiger partial charge is 0.0915 e. The molecule has 11 aromatic rings. The number of hydrogen-bond donors (Lipinski definition) is 0. The number of hydrogen-bond acceptors (Lipinski definition) is 4. The molecule has 5 aromatic heterocycles. The van der Waals surface area contributed by atoms with E-state index >= 15 is 0 Å². The number of benzene rings is 6. The van der Waals surface area contributed by atoms with Crippen molar-refractivity contribution >= 4 is 64.1 Å². The molecule has 0 bridgehead atoms. The van der Waals surface area contributed by atoms with E-state index in [1.807, 2.05) is 60.1 Å². The quantitative estimate of drug-likeness (QED) is 0.179. The van der Waals surface area contributed by atoms with E-state index in [2.05, 4.69) is 138 Å². The Balaban J connectivity index is 1.32. The molecule has 0 radical (unpaired) electrons. The lowest BCUT2D eigenvalue weighted by Crippen LogP contribution is -1.99. The van der Waals surface area contributed by atoms with Crippen molar-refractivity contribution in [2.24, 2.45) is 0 Å². The van der Waals surface area contributed by atoms with E-state index in [0.29, 0.717) is 0 Å². The molecule has 54 heavy (non-hydrogen) atoms. The highest BCUT2D eigenvalue weighted by atomic mass is 32.1. The van der Waals surface area contributed by atoms with Gasteiger partial charge < -0.3 is 4.57 Å². The second-order valence-corrected chi connectivity index (χ2v) is 14.7. The molecule has 0 unspecified atom stereocenters. The number of rotatable bonds is 5. The second-order valence-electron chi connectivity index (χ2n) is 13.6. The van der Waals surface area contributed by atoms with E-state index in [4.69, 9.17) is 15.0 Å². The topological polar surface area (TPSA) is 43.6 Å². The van der Waals surface area contributed by atoms with Gasteiger partial charge in [0.2, 0.25) is 0 Å². The van der Waals surface area contributed by atoms with Crippen molar-refractivity contribution in [1.82, 2.24) is 19.5 Å². The summed E-state index contributed by atoms with van der Waals surface area (Å²) in [6.45, 7) is 0. The minimum atomic E-state index is 0.797. The Hall–Kier alpha value is -6.95. The van der Waals surface area contributed by atoms with Gasteiger partial charge in [-0.2, -0.15) is 0 Å². The van der Waals surface area contributed by atoms with Crippen molar-refractivity contribution in [2.45, 2.75) is 0 Å². The van der Waals surface area contributed by atoms with Gasteiger partial charge in [0.25, 0.3) is 0 Å². The molecule has 0 amide bonds. The van der Waals surface area contributed by atoms with Gasteiger partial charge in [0.15, 0.2) is 0 Å². The fourth-order valence-corrected chi connectivity index (χ4v) is 9.29. The lowest BCUT2D eigenvalue weighted by molar-refractivity contribution is 1.15. The summed E-state index contributed by atoms with van der Waals surface area (Å²) in [5.41, 5.74) is 11.4. The number of thiophene rings is 1. The first kappa shape index (κ1) is 30.7. The first-order valence-corrected chi connectivity index (χ1v) is 18.9. The summed E-state index contributed by atoms with van der Waals surface area (Å²) in [7, 11) is 0. The van der Waals surface area contributed by atoms with Crippen LogP contribution in [0.3, 0.4) is 0 Å². The van der Waals surface area contributed by atoms with Crippen LogP contribution in [0.2, 0.25) is 0 Å². The highest BCUT2D eigenvalue weighted by Crippen LogP contribution is 2.49. The Labute approximate surface area is 315 Å². The third-order valence-electron chi connectivity index (χ3n) is 10.5. The van der Waals surface area contributed by atoms with Crippen LogP contribution >= 0.6 is 11.3 Å². The monoisotopic (exact) mass is 706 g/mol. The zero-order valence-corrected chi connectivity index (χ0v) is 29.8. The Bertz CT molecular complexity index is 3130. The molecule has 0 saturated heterocycles. The van der Waals surface area contributed by atoms with E-state index in [1.54, 1.807) is 0 Å². The van der Waals surface area contributed by atoms with Crippen LogP contribution in [0.5, 0.6) is 0 Å². The number of pyridine rings is 3. The molecule has 0 fully saturated rings. The van der Waals surface area contributed by atoms with E-state index in [-0.39, 0.29) is 0 Å². The number of fused-ring (bicyclic) bond motifs is 10. The van der Waals surface area contributed by atoms with Crippen molar-refractivity contribution < 1.29 is 0 Å². The molecule has 5 heterocycles. The van der Waals surface area contributed by atoms with Gasteiger partial charge in [0.1, 0.15) is 0 Å². The van der Waals surface area contributed by atoms with Gasteiger partial charge in [-0.15, -0.1) is 11.3 Å². The summed E-state index contributed by atoms with van der Waals surface area (Å²) in [6.07, 6.45) is 3.65. The minimum Gasteiger partial charge on any atom is -0.308 e. The summed E-state index contributed by atoms with van der Waals surface area (Å²) in [5, 5.41) is 7.52. The molecular weight excluding hydrogens is 677 g/mol. The molecule has 4 nitrogen and oxygen atoms in total. The zero-order valence-electron chi connectivity index (χ0n) is 29.0. The Morgan fingerprint density at radius 1 is 0.407 bits per heavy atom. The molecular formula is C49H30N4S. The van der Waals surface area contributed by atoms with Crippen LogP contribution in [-0.4, -0.2) is 19.5 Å². The van der Waals surface area contributed by atoms with Crippen molar-refractivity contribution in [3.05, 3.63) is 182 Å². The lowest BCUT2D eigenvalue weighted by Gasteiger charge is -2.13. The lowest BCUT2D eigenvalue weighted by atomic mass is 9.96. The van der Waals surface area contributed by atoms with E-state index in [0.717, 1.165) is 34.0 Å². The van der Waals surface area contributed by atoms with Crippen LogP contribution < -0.4 is 0 Å². The predicted molar refractivity (Wildman–Crippen MR) is 226 cm³/mol. The van der Waals surface area contributed by atoms with E-state index in [9.17, 15) is 0 Å². The first-order chi connectivity index (χ1) is 26.8. The molecule has 0 spiro atoms. The van der Waals surface area contributed by atoms with E-state index in [1.165, 1.54) is 69.5 Å². The first-order valence-electron chi connectivity index (χ1n) is 18.1. The van der Waals surface area contributed by atoms with Crippen LogP contribution in [0.1, 0.15) is 0 Å². The minimum absolute atomic E-state index is 0.797. The molecule has 11 rings (SSSR count). The van der Waals surface area contributed by atoms with Gasteiger partial charge in [-0.25, -0.2) is 4.98 Å². The second kappa shape index (κ2) is 12.3. The van der Waals surface area contributed by atoms with Crippen molar-refractivity contribution in [2.75, 3.05) is 0 Å². The number of nitrogens with zero attached hydrogens (tertiary/aromatic N) is 4. The Morgan fingerprint density at radius 3 is 1.57 bits per heavy atom. The molecule has 6 aromatic carbocycles. The summed E-state index contributed by atoms with van der Waals surface area (Å²) < 4.78 is 4.99. The van der Waals surface area contributed by atoms with Crippen LogP contribution in [0, 0.1) is 0 Å². The Morgan fingerprint density at radius 2 is 0.963 bits per heavy atom. The summed E-state index contributed by atoms with van der Waals surface area (Å²) in [6, 6.07) is 60.5. The van der Waals surface area contributed by atoms with Crippen molar-refractivity contribution in [3.63, 3.8) is 0 Å². The molecule has 0 aliphatic rings. The molecule has 252 valence electrons. The largest absolute Gasteiger partial charge is 0.308 e. The van der Waals surface area contributed by atoms with Gasteiger partial charge in [-0.3, -0.25) is 9.97 Å². The third kappa shape index (κ3) is 4.86. The zero-order chi connectivity index (χ0) is 35.6. The highest BCUT2D eigenvalue weighted by Gasteiger charge is 2.23. The maximum absolute atomic E-state index is 5.15. The molecule has 0 aliphatic carbocycles. The summed E-state index contributed by atoms with van der Waals surface area (Å²) in [5.74, 6) is 0. The summed E-state index contributed by atoms with van der Waals surface area (Å²) in [4.78, 5) is 14.6. The van der Waals surface area contributed by atoms with Gasteiger partial charge in [-0.1, -0.05) is 109 Å². The fraction of sp³-hybridized carbons (Fsp3) is 0. The van der Waals surface area contributed by atoms with Gasteiger partial charge in [0, 0.05) is 38.6 Å². The van der Waals surface area contributed by atoms with Crippen molar-refractivity contribution in [3.8, 4) is 50.7 Å². The van der Waals surface area contributed by atoms with Gasteiger partial charge in [-0.05, 0) is 93.7 Å². The molecule has 0 N–H and O–H groups in total. The van der Waals surface area contributed by atoms with Gasteiger partial charge in [0.05, 0.1) is 44.2 Å². The van der Waals surface area contributed by atoms with E-state index < -0.39 is 0 Å². The third-order valence-corrected chi connectivity index (χ3v) is 11.7. The van der Waals surface area contributed by atoms with Crippen molar-refractivity contribution in [1.29, 1.82) is 0 Å². The molecule has 0 saturated carbocycles. The molecule has 0 atom stereocenters. The Kier molecular flexibility index (Phi) is 7.00. The predicted octanol–water partition coefficient (Wildman–Crippen LogP) is 13.2. The highest BCUT2D eigenvalue weighted by molar-refractivity contribution is 7.27. The fourth-order valence-electron chi connectivity index (χ4n) is 8.05. The molecule has 5 heteroatoms. The molecule has 0 aliphatic heterocycles. The average Bonchev–Trinajstić information content (AvgIpc) is 3.81. The van der Waals surface area contributed by atoms with Crippen LogP contribution in [0.4, 0.5) is 0 Å². The standard InChI is InChI=1S/C49H30N4S/c1-3-13-31(14-4-1)33-21-23-44-38(27-33)46-36-17-7-8-18-37(36)47-39-28-34(32-15-5-2-6-16-32)22-24-45(39)54-49(47)48(46)53(44)35-29-42(40-19-9-11-25-50-40)52-43(30-35)41-20-10-12-26-51-41/h1-30H. The van der Waals surface area contributed by atoms with Gasteiger partial charge >= 0.3 is 0 Å². The van der Waals surface area contributed by atoms with Crippen LogP contribution in [-0.2, 0) is 0 Å². The number of aromatic nitrogens is 4. The average molecular weight is 707 g/mol. The SMILES string of the molecule is c1ccc(-c2ccc3sc4c(c3c2)c2ccccc2c2c3cc(-c5ccccc5)ccc3n(-c3cc(-c5ccccn5)nc(-c5ccccn5)c3)c42)cc1. The van der Waals surface area contributed by atoms with Crippen LogP contribution in [0.25, 0.3) is 103 Å². The summed E-state index contributed by atoms with van der Waals surface area (Å²) >= 11 is 1.87. The van der Waals surface area contributed by atoms with Crippen LogP contribution in [0.15, 0.2) is 182 Å². The normalized spacial score (nSPS) is 11.7. The maximum Gasteiger partial charge on any atom is 0.0915 e. The maximum atomic E-state index is 5.15.